The maximum atomic E-state index is 12.1. The lowest BCUT2D eigenvalue weighted by atomic mass is 10.2. The highest BCUT2D eigenvalue weighted by Gasteiger charge is 2.38. The van der Waals surface area contributed by atoms with Crippen LogP contribution in [0.2, 0.25) is 0 Å². The van der Waals surface area contributed by atoms with E-state index in [1.54, 1.807) is 11.4 Å². The van der Waals surface area contributed by atoms with Crippen LogP contribution in [0, 0.1) is 0 Å². The second-order valence-corrected chi connectivity index (χ2v) is 4.63. The van der Waals surface area contributed by atoms with Gasteiger partial charge in [-0.1, -0.05) is 12.1 Å². The first kappa shape index (κ1) is 17.7. The molecule has 0 aliphatic rings. The number of nitrogens with one attached hydrogen (secondary N) is 2. The van der Waals surface area contributed by atoms with Crippen molar-refractivity contribution in [2.45, 2.75) is 32.5 Å². The van der Waals surface area contributed by atoms with Crippen molar-refractivity contribution in [3.63, 3.8) is 0 Å². The van der Waals surface area contributed by atoms with Crippen molar-refractivity contribution in [1.29, 1.82) is 0 Å². The lowest BCUT2D eigenvalue weighted by molar-refractivity contribution is -0.173. The summed E-state index contributed by atoms with van der Waals surface area (Å²) in [5.74, 6) is -2.51. The summed E-state index contributed by atoms with van der Waals surface area (Å²) in [5, 5.41) is 4.27. The zero-order valence-corrected chi connectivity index (χ0v) is 11.8. The average molecular weight is 316 g/mol. The molecule has 0 heterocycles. The van der Waals surface area contributed by atoms with Gasteiger partial charge in [0, 0.05) is 25.1 Å². The summed E-state index contributed by atoms with van der Waals surface area (Å²) in [7, 11) is 0. The number of Topliss-reactive ketones (excluding diaryl/α,β-unsaturated/α-hetero) is 1. The molecule has 5 nitrogen and oxygen atoms in total. The summed E-state index contributed by atoms with van der Waals surface area (Å²) in [6, 6.07) is 6.06. The Morgan fingerprint density at radius 1 is 1.14 bits per heavy atom. The molecule has 0 saturated carbocycles. The predicted molar refractivity (Wildman–Crippen MR) is 72.9 cm³/mol. The Morgan fingerprint density at radius 2 is 1.82 bits per heavy atom. The topological polar surface area (TPSA) is 75.3 Å². The number of benzene rings is 1. The standard InChI is InChI=1S/C14H15F3N2O3/c1-9(20)5-6-12(21)19-11-4-2-3-10(7-11)8-18-13(22)14(15,16)17/h2-4,7H,5-6,8H2,1H3,(H,18,22)(H,19,21). The molecular weight excluding hydrogens is 301 g/mol. The van der Waals surface area contributed by atoms with E-state index in [0.717, 1.165) is 0 Å². The Morgan fingerprint density at radius 3 is 2.41 bits per heavy atom. The monoisotopic (exact) mass is 316 g/mol. The Labute approximate surface area is 124 Å². The van der Waals surface area contributed by atoms with Crippen LogP contribution < -0.4 is 10.6 Å². The number of amides is 2. The van der Waals surface area contributed by atoms with Gasteiger partial charge in [0.05, 0.1) is 0 Å². The maximum Gasteiger partial charge on any atom is 0.471 e. The molecule has 0 spiro atoms. The molecule has 2 N–H and O–H groups in total. The van der Waals surface area contributed by atoms with Crippen molar-refractivity contribution < 1.29 is 27.6 Å². The van der Waals surface area contributed by atoms with Crippen molar-refractivity contribution in [1.82, 2.24) is 5.32 Å². The van der Waals surface area contributed by atoms with Crippen LogP contribution >= 0.6 is 0 Å². The Bertz CT molecular complexity index is 571. The number of ketones is 1. The molecule has 0 aliphatic heterocycles. The molecule has 0 atom stereocenters. The number of rotatable bonds is 6. The third-order valence-corrected chi connectivity index (χ3v) is 2.63. The second kappa shape index (κ2) is 7.58. The number of alkyl halides is 3. The first-order valence-corrected chi connectivity index (χ1v) is 6.41. The molecule has 0 radical (unpaired) electrons. The molecule has 0 aliphatic carbocycles. The van der Waals surface area contributed by atoms with E-state index in [1.165, 1.54) is 25.1 Å². The van der Waals surface area contributed by atoms with E-state index in [-0.39, 0.29) is 31.1 Å². The number of halogens is 3. The van der Waals surface area contributed by atoms with Gasteiger partial charge in [0.2, 0.25) is 5.91 Å². The molecule has 120 valence electrons. The Hall–Kier alpha value is -2.38. The van der Waals surface area contributed by atoms with Gasteiger partial charge in [-0.15, -0.1) is 0 Å². The molecule has 0 aromatic heterocycles. The maximum absolute atomic E-state index is 12.1. The fourth-order valence-electron chi connectivity index (χ4n) is 1.55. The predicted octanol–water partition coefficient (Wildman–Crippen LogP) is 2.17. The van der Waals surface area contributed by atoms with Gasteiger partial charge < -0.3 is 15.4 Å². The van der Waals surface area contributed by atoms with Gasteiger partial charge in [-0.2, -0.15) is 13.2 Å². The van der Waals surface area contributed by atoms with E-state index in [1.807, 2.05) is 0 Å². The molecule has 1 aromatic carbocycles. The average Bonchev–Trinajstić information content (AvgIpc) is 2.42. The molecule has 0 saturated heterocycles. The van der Waals surface area contributed by atoms with Gasteiger partial charge in [0.1, 0.15) is 5.78 Å². The van der Waals surface area contributed by atoms with Crippen molar-refractivity contribution >= 4 is 23.3 Å². The fraction of sp³-hybridized carbons (Fsp3) is 0.357. The Balaban J connectivity index is 2.57. The van der Waals surface area contributed by atoms with Crippen LogP contribution in [0.1, 0.15) is 25.3 Å². The fourth-order valence-corrected chi connectivity index (χ4v) is 1.55. The second-order valence-electron chi connectivity index (χ2n) is 4.63. The molecule has 1 aromatic rings. The number of hydrogen-bond acceptors (Lipinski definition) is 3. The number of hydrogen-bond donors (Lipinski definition) is 2. The summed E-state index contributed by atoms with van der Waals surface area (Å²) in [5.41, 5.74) is 0.786. The van der Waals surface area contributed by atoms with E-state index in [9.17, 15) is 27.6 Å². The highest BCUT2D eigenvalue weighted by Crippen LogP contribution is 2.15. The van der Waals surface area contributed by atoms with Gasteiger partial charge in [0.25, 0.3) is 0 Å². The van der Waals surface area contributed by atoms with Crippen molar-refractivity contribution in [3.05, 3.63) is 29.8 Å². The van der Waals surface area contributed by atoms with Gasteiger partial charge in [-0.05, 0) is 24.6 Å². The lowest BCUT2D eigenvalue weighted by Gasteiger charge is -2.09. The van der Waals surface area contributed by atoms with E-state index in [4.69, 9.17) is 0 Å². The van der Waals surface area contributed by atoms with E-state index >= 15 is 0 Å². The smallest absolute Gasteiger partial charge is 0.344 e. The third-order valence-electron chi connectivity index (χ3n) is 2.63. The van der Waals surface area contributed by atoms with Crippen LogP contribution in [0.3, 0.4) is 0 Å². The quantitative estimate of drug-likeness (QED) is 0.844. The van der Waals surface area contributed by atoms with Crippen LogP contribution in [0.4, 0.5) is 18.9 Å². The van der Waals surface area contributed by atoms with Crippen molar-refractivity contribution in [2.24, 2.45) is 0 Å². The zero-order valence-electron chi connectivity index (χ0n) is 11.8. The number of carbonyl (C=O) groups is 3. The Kier molecular flexibility index (Phi) is 6.09. The minimum absolute atomic E-state index is 0.0321. The summed E-state index contributed by atoms with van der Waals surface area (Å²) in [6.45, 7) is 1.06. The van der Waals surface area contributed by atoms with Crippen LogP contribution in [-0.2, 0) is 20.9 Å². The van der Waals surface area contributed by atoms with Crippen molar-refractivity contribution in [2.75, 3.05) is 5.32 Å². The number of carbonyl (C=O) groups excluding carboxylic acids is 3. The molecule has 0 bridgehead atoms. The van der Waals surface area contributed by atoms with Crippen LogP contribution in [0.15, 0.2) is 24.3 Å². The largest absolute Gasteiger partial charge is 0.471 e. The van der Waals surface area contributed by atoms with Gasteiger partial charge in [-0.25, -0.2) is 0 Å². The van der Waals surface area contributed by atoms with Gasteiger partial charge in [-0.3, -0.25) is 9.59 Å². The first-order chi connectivity index (χ1) is 10.2. The van der Waals surface area contributed by atoms with E-state index in [0.29, 0.717) is 11.3 Å². The minimum Gasteiger partial charge on any atom is -0.344 e. The highest BCUT2D eigenvalue weighted by atomic mass is 19.4. The first-order valence-electron chi connectivity index (χ1n) is 6.41. The van der Waals surface area contributed by atoms with E-state index < -0.39 is 12.1 Å². The summed E-state index contributed by atoms with van der Waals surface area (Å²) >= 11 is 0. The summed E-state index contributed by atoms with van der Waals surface area (Å²) in [6.07, 6.45) is -4.78. The van der Waals surface area contributed by atoms with Gasteiger partial charge >= 0.3 is 12.1 Å². The molecule has 2 amide bonds. The molecule has 8 heteroatoms. The molecule has 1 rings (SSSR count). The summed E-state index contributed by atoms with van der Waals surface area (Å²) < 4.78 is 36.2. The molecule has 0 fully saturated rings. The van der Waals surface area contributed by atoms with E-state index in [2.05, 4.69) is 5.32 Å². The normalized spacial score (nSPS) is 10.9. The van der Waals surface area contributed by atoms with Crippen molar-refractivity contribution in [3.8, 4) is 0 Å². The van der Waals surface area contributed by atoms with Crippen LogP contribution in [0.5, 0.6) is 0 Å². The lowest BCUT2D eigenvalue weighted by Crippen LogP contribution is -2.36. The molecule has 22 heavy (non-hydrogen) atoms. The van der Waals surface area contributed by atoms with Crippen LogP contribution in [-0.4, -0.2) is 23.8 Å². The zero-order chi connectivity index (χ0) is 16.8. The van der Waals surface area contributed by atoms with Crippen LogP contribution in [0.25, 0.3) is 0 Å². The summed E-state index contributed by atoms with van der Waals surface area (Å²) in [4.78, 5) is 33.0. The minimum atomic E-state index is -4.93. The number of anilines is 1. The SMILES string of the molecule is CC(=O)CCC(=O)Nc1cccc(CNC(=O)C(F)(F)F)c1. The van der Waals surface area contributed by atoms with Gasteiger partial charge in [0.15, 0.2) is 0 Å². The highest BCUT2D eigenvalue weighted by molar-refractivity contribution is 5.93. The molecular formula is C14H15F3N2O3. The third kappa shape index (κ3) is 6.38. The molecule has 0 unspecified atom stereocenters.